The largest absolute Gasteiger partial charge is 0.462 e. The van der Waals surface area contributed by atoms with Crippen LogP contribution in [-0.2, 0) is 16.0 Å². The van der Waals surface area contributed by atoms with Crippen LogP contribution in [0, 0.1) is 5.41 Å². The van der Waals surface area contributed by atoms with E-state index in [0.29, 0.717) is 24.3 Å². The monoisotopic (exact) mass is 245 g/mol. The molecule has 0 saturated carbocycles. The third-order valence-corrected chi connectivity index (χ3v) is 2.72. The zero-order valence-electron chi connectivity index (χ0n) is 10.1. The third kappa shape index (κ3) is 2.20. The Morgan fingerprint density at radius 1 is 1.50 bits per heavy atom. The standard InChI is InChI=1S/C13H15N3O2/c1-2-18-12(17)11-9-6-4-3-5-8(9)7-10(11)16-13(14)15/h3-6H,2,7H2,1H3,(H4,14,15,16). The molecule has 1 aliphatic rings. The summed E-state index contributed by atoms with van der Waals surface area (Å²) >= 11 is 0. The summed E-state index contributed by atoms with van der Waals surface area (Å²) in [6.07, 6.45) is 0.559. The lowest BCUT2D eigenvalue weighted by atomic mass is 10.1. The number of hydrogen-bond acceptors (Lipinski definition) is 3. The number of hydrogen-bond donors (Lipinski definition) is 3. The van der Waals surface area contributed by atoms with Gasteiger partial charge in [0.1, 0.15) is 0 Å². The van der Waals surface area contributed by atoms with Gasteiger partial charge in [-0.3, -0.25) is 5.41 Å². The van der Waals surface area contributed by atoms with Gasteiger partial charge >= 0.3 is 5.97 Å². The first-order valence-corrected chi connectivity index (χ1v) is 5.73. The van der Waals surface area contributed by atoms with Crippen molar-refractivity contribution >= 4 is 17.5 Å². The Kier molecular flexibility index (Phi) is 3.32. The van der Waals surface area contributed by atoms with E-state index in [1.165, 1.54) is 0 Å². The maximum absolute atomic E-state index is 12.0. The molecule has 0 aliphatic heterocycles. The van der Waals surface area contributed by atoms with Crippen molar-refractivity contribution in [1.29, 1.82) is 5.41 Å². The van der Waals surface area contributed by atoms with E-state index < -0.39 is 0 Å². The molecule has 1 aliphatic carbocycles. The van der Waals surface area contributed by atoms with Gasteiger partial charge in [-0.1, -0.05) is 24.3 Å². The van der Waals surface area contributed by atoms with Crippen LogP contribution in [0.2, 0.25) is 0 Å². The number of guanidine groups is 1. The van der Waals surface area contributed by atoms with Crippen LogP contribution >= 0.6 is 0 Å². The molecular formula is C13H15N3O2. The molecule has 0 heterocycles. The number of fused-ring (bicyclic) bond motifs is 1. The minimum atomic E-state index is -0.383. The molecule has 0 saturated heterocycles. The van der Waals surface area contributed by atoms with Gasteiger partial charge in [-0.25, -0.2) is 4.79 Å². The number of ether oxygens (including phenoxy) is 1. The lowest BCUT2D eigenvalue weighted by molar-refractivity contribution is -0.136. The molecular weight excluding hydrogens is 230 g/mol. The van der Waals surface area contributed by atoms with Gasteiger partial charge in [0.05, 0.1) is 12.2 Å². The van der Waals surface area contributed by atoms with Crippen LogP contribution in [-0.4, -0.2) is 18.5 Å². The molecule has 0 spiro atoms. The molecule has 0 atom stereocenters. The van der Waals surface area contributed by atoms with Crippen molar-refractivity contribution in [2.75, 3.05) is 6.61 Å². The van der Waals surface area contributed by atoms with Crippen LogP contribution in [0.4, 0.5) is 0 Å². The fourth-order valence-corrected chi connectivity index (χ4v) is 2.07. The fraction of sp³-hybridized carbons (Fsp3) is 0.231. The highest BCUT2D eigenvalue weighted by atomic mass is 16.5. The Morgan fingerprint density at radius 2 is 2.22 bits per heavy atom. The van der Waals surface area contributed by atoms with Gasteiger partial charge in [0.2, 0.25) is 0 Å². The highest BCUT2D eigenvalue weighted by Crippen LogP contribution is 2.32. The molecule has 2 rings (SSSR count). The highest BCUT2D eigenvalue weighted by Gasteiger charge is 2.27. The third-order valence-electron chi connectivity index (χ3n) is 2.72. The summed E-state index contributed by atoms with van der Waals surface area (Å²) < 4.78 is 5.05. The zero-order valence-corrected chi connectivity index (χ0v) is 10.1. The molecule has 0 unspecified atom stereocenters. The summed E-state index contributed by atoms with van der Waals surface area (Å²) in [4.78, 5) is 12.0. The highest BCUT2D eigenvalue weighted by molar-refractivity contribution is 6.19. The lowest BCUT2D eigenvalue weighted by Gasteiger charge is -2.08. The summed E-state index contributed by atoms with van der Waals surface area (Å²) in [5.74, 6) is -0.564. The number of esters is 1. The fourth-order valence-electron chi connectivity index (χ4n) is 2.07. The average molecular weight is 245 g/mol. The number of nitrogens with two attached hydrogens (primary N) is 1. The van der Waals surface area contributed by atoms with E-state index in [4.69, 9.17) is 15.9 Å². The predicted octanol–water partition coefficient (Wildman–Crippen LogP) is 1.000. The topological polar surface area (TPSA) is 88.2 Å². The Hall–Kier alpha value is -2.30. The van der Waals surface area contributed by atoms with Gasteiger partial charge in [0.25, 0.3) is 0 Å². The molecule has 0 amide bonds. The molecule has 18 heavy (non-hydrogen) atoms. The zero-order chi connectivity index (χ0) is 13.1. The van der Waals surface area contributed by atoms with Crippen molar-refractivity contribution in [3.05, 3.63) is 41.1 Å². The molecule has 94 valence electrons. The molecule has 0 aromatic heterocycles. The van der Waals surface area contributed by atoms with Crippen LogP contribution < -0.4 is 11.1 Å². The number of rotatable bonds is 3. The van der Waals surface area contributed by atoms with Gasteiger partial charge in [-0.2, -0.15) is 0 Å². The maximum Gasteiger partial charge on any atom is 0.340 e. The average Bonchev–Trinajstić information content (AvgIpc) is 2.66. The smallest absolute Gasteiger partial charge is 0.340 e. The van der Waals surface area contributed by atoms with E-state index in [1.54, 1.807) is 6.92 Å². The first kappa shape index (κ1) is 12.2. The number of carbonyl (C=O) groups is 1. The van der Waals surface area contributed by atoms with Crippen LogP contribution in [0.5, 0.6) is 0 Å². The van der Waals surface area contributed by atoms with E-state index in [9.17, 15) is 4.79 Å². The van der Waals surface area contributed by atoms with Gasteiger partial charge in [-0.15, -0.1) is 0 Å². The van der Waals surface area contributed by atoms with Gasteiger partial charge in [0, 0.05) is 12.1 Å². The summed E-state index contributed by atoms with van der Waals surface area (Å²) in [6, 6.07) is 7.60. The minimum absolute atomic E-state index is 0.181. The van der Waals surface area contributed by atoms with Crippen molar-refractivity contribution in [2.45, 2.75) is 13.3 Å². The minimum Gasteiger partial charge on any atom is -0.462 e. The predicted molar refractivity (Wildman–Crippen MR) is 68.7 cm³/mol. The molecule has 0 fully saturated rings. The van der Waals surface area contributed by atoms with Crippen molar-refractivity contribution in [1.82, 2.24) is 5.32 Å². The quantitative estimate of drug-likeness (QED) is 0.421. The van der Waals surface area contributed by atoms with E-state index >= 15 is 0 Å². The molecule has 1 aromatic carbocycles. The van der Waals surface area contributed by atoms with Gasteiger partial charge < -0.3 is 15.8 Å². The second kappa shape index (κ2) is 4.91. The first-order valence-electron chi connectivity index (χ1n) is 5.73. The molecule has 5 nitrogen and oxygen atoms in total. The SMILES string of the molecule is CCOC(=O)C1=C(NC(=N)N)Cc2ccccc21. The molecule has 5 heteroatoms. The van der Waals surface area contributed by atoms with Gasteiger partial charge in [-0.05, 0) is 18.1 Å². The Balaban J connectivity index is 2.42. The van der Waals surface area contributed by atoms with E-state index in [2.05, 4.69) is 5.32 Å². The number of allylic oxidation sites excluding steroid dienone is 1. The number of carbonyl (C=O) groups excluding carboxylic acids is 1. The normalized spacial score (nSPS) is 13.2. The van der Waals surface area contributed by atoms with Crippen LogP contribution in [0.1, 0.15) is 18.1 Å². The second-order valence-corrected chi connectivity index (χ2v) is 3.95. The van der Waals surface area contributed by atoms with Gasteiger partial charge in [0.15, 0.2) is 5.96 Å². The molecule has 0 radical (unpaired) electrons. The van der Waals surface area contributed by atoms with E-state index in [0.717, 1.165) is 11.1 Å². The molecule has 4 N–H and O–H groups in total. The van der Waals surface area contributed by atoms with Crippen LogP contribution in [0.25, 0.3) is 5.57 Å². The summed E-state index contributed by atoms with van der Waals surface area (Å²) in [5, 5.41) is 10.00. The first-order chi connectivity index (χ1) is 8.63. The lowest BCUT2D eigenvalue weighted by Crippen LogP contribution is -2.30. The number of nitrogens with one attached hydrogen (secondary N) is 2. The van der Waals surface area contributed by atoms with Crippen molar-refractivity contribution in [3.8, 4) is 0 Å². The van der Waals surface area contributed by atoms with Crippen LogP contribution in [0.15, 0.2) is 30.0 Å². The van der Waals surface area contributed by atoms with Crippen molar-refractivity contribution in [3.63, 3.8) is 0 Å². The Morgan fingerprint density at radius 3 is 2.89 bits per heavy atom. The van der Waals surface area contributed by atoms with Crippen molar-refractivity contribution in [2.24, 2.45) is 5.73 Å². The Bertz CT molecular complexity index is 535. The van der Waals surface area contributed by atoms with Crippen molar-refractivity contribution < 1.29 is 9.53 Å². The van der Waals surface area contributed by atoms with E-state index in [-0.39, 0.29) is 11.9 Å². The number of benzene rings is 1. The van der Waals surface area contributed by atoms with Crippen LogP contribution in [0.3, 0.4) is 0 Å². The van der Waals surface area contributed by atoms with E-state index in [1.807, 2.05) is 24.3 Å². The second-order valence-electron chi connectivity index (χ2n) is 3.95. The molecule has 0 bridgehead atoms. The summed E-state index contributed by atoms with van der Waals surface area (Å²) in [7, 11) is 0. The summed E-state index contributed by atoms with van der Waals surface area (Å²) in [5.41, 5.74) is 8.31. The molecule has 1 aromatic rings. The summed E-state index contributed by atoms with van der Waals surface area (Å²) in [6.45, 7) is 2.08. The Labute approximate surface area is 105 Å². The maximum atomic E-state index is 12.0.